The lowest BCUT2D eigenvalue weighted by Gasteiger charge is -2.30. The van der Waals surface area contributed by atoms with Crippen LogP contribution >= 0.6 is 0 Å². The number of aryl methyl sites for hydroxylation is 2. The molecule has 1 amide bonds. The largest absolute Gasteiger partial charge is 0.341 e. The highest BCUT2D eigenvalue weighted by molar-refractivity contribution is 7.92. The highest BCUT2D eigenvalue weighted by atomic mass is 32.2. The van der Waals surface area contributed by atoms with Crippen molar-refractivity contribution in [2.75, 3.05) is 23.9 Å². The molecule has 1 aliphatic heterocycles. The molecule has 2 aromatic carbocycles. The van der Waals surface area contributed by atoms with Crippen LogP contribution in [-0.4, -0.2) is 38.9 Å². The molecule has 1 aliphatic rings. The third-order valence-corrected chi connectivity index (χ3v) is 6.89. The van der Waals surface area contributed by atoms with E-state index < -0.39 is 10.0 Å². The highest BCUT2D eigenvalue weighted by Gasteiger charge is 2.29. The number of anilines is 1. The summed E-state index contributed by atoms with van der Waals surface area (Å²) in [7, 11) is -3.83. The van der Waals surface area contributed by atoms with Crippen LogP contribution in [0.5, 0.6) is 0 Å². The quantitative estimate of drug-likeness (QED) is 0.790. The second kappa shape index (κ2) is 8.13. The van der Waals surface area contributed by atoms with Gasteiger partial charge in [0.15, 0.2) is 0 Å². The van der Waals surface area contributed by atoms with E-state index in [9.17, 15) is 13.2 Å². The number of piperidine rings is 1. The standard InChI is InChI=1S/C21H26N2O3S/c1-17-11-12-19(15-18(17)2)23(16-21(24)22-13-7-4-8-14-22)27(25,26)20-9-5-3-6-10-20/h3,5-6,9-12,15H,4,7-8,13-14,16H2,1-2H3. The maximum absolute atomic E-state index is 13.3. The van der Waals surface area contributed by atoms with Crippen LogP contribution in [0.25, 0.3) is 0 Å². The molecule has 0 N–H and O–H groups in total. The van der Waals surface area contributed by atoms with Gasteiger partial charge in [-0.3, -0.25) is 9.10 Å². The number of sulfonamides is 1. The number of hydrogen-bond donors (Lipinski definition) is 0. The van der Waals surface area contributed by atoms with Crippen molar-refractivity contribution in [3.8, 4) is 0 Å². The third-order valence-electron chi connectivity index (χ3n) is 5.10. The van der Waals surface area contributed by atoms with Crippen LogP contribution in [-0.2, 0) is 14.8 Å². The number of rotatable bonds is 5. The monoisotopic (exact) mass is 386 g/mol. The Bertz CT molecular complexity index is 904. The van der Waals surface area contributed by atoms with E-state index in [4.69, 9.17) is 0 Å². The van der Waals surface area contributed by atoms with Crippen LogP contribution in [0.2, 0.25) is 0 Å². The number of likely N-dealkylation sites (tertiary alicyclic amines) is 1. The van der Waals surface area contributed by atoms with Crippen LogP contribution in [0.4, 0.5) is 5.69 Å². The summed E-state index contributed by atoms with van der Waals surface area (Å²) >= 11 is 0. The summed E-state index contributed by atoms with van der Waals surface area (Å²) in [5.41, 5.74) is 2.59. The Kier molecular flexibility index (Phi) is 5.85. The normalized spacial score (nSPS) is 14.8. The zero-order valence-corrected chi connectivity index (χ0v) is 16.7. The second-order valence-corrected chi connectivity index (χ2v) is 8.90. The van der Waals surface area contributed by atoms with Gasteiger partial charge >= 0.3 is 0 Å². The number of amides is 1. The minimum atomic E-state index is -3.83. The highest BCUT2D eigenvalue weighted by Crippen LogP contribution is 2.26. The van der Waals surface area contributed by atoms with Crippen LogP contribution in [0.1, 0.15) is 30.4 Å². The first-order valence-electron chi connectivity index (χ1n) is 9.32. The topological polar surface area (TPSA) is 57.7 Å². The van der Waals surface area contributed by atoms with Gasteiger partial charge in [-0.15, -0.1) is 0 Å². The molecule has 0 spiro atoms. The van der Waals surface area contributed by atoms with Gasteiger partial charge in [-0.05, 0) is 68.5 Å². The molecule has 0 aromatic heterocycles. The molecule has 0 atom stereocenters. The predicted octanol–water partition coefficient (Wildman–Crippen LogP) is 3.51. The minimum absolute atomic E-state index is 0.146. The van der Waals surface area contributed by atoms with E-state index >= 15 is 0 Å². The molecule has 6 heteroatoms. The summed E-state index contributed by atoms with van der Waals surface area (Å²) in [5, 5.41) is 0. The second-order valence-electron chi connectivity index (χ2n) is 7.03. The number of benzene rings is 2. The molecule has 1 fully saturated rings. The maximum atomic E-state index is 13.3. The van der Waals surface area contributed by atoms with E-state index in [1.807, 2.05) is 26.0 Å². The van der Waals surface area contributed by atoms with Crippen LogP contribution in [0.3, 0.4) is 0 Å². The molecule has 0 aliphatic carbocycles. The molecule has 0 bridgehead atoms. The molecular weight excluding hydrogens is 360 g/mol. The third kappa shape index (κ3) is 4.33. The van der Waals surface area contributed by atoms with E-state index in [-0.39, 0.29) is 17.3 Å². The van der Waals surface area contributed by atoms with Gasteiger partial charge in [0.2, 0.25) is 5.91 Å². The summed E-state index contributed by atoms with van der Waals surface area (Å²) < 4.78 is 27.8. The van der Waals surface area contributed by atoms with Gasteiger partial charge in [0.1, 0.15) is 6.54 Å². The van der Waals surface area contributed by atoms with E-state index in [0.29, 0.717) is 18.8 Å². The lowest BCUT2D eigenvalue weighted by molar-refractivity contribution is -0.130. The van der Waals surface area contributed by atoms with Gasteiger partial charge in [0.05, 0.1) is 10.6 Å². The van der Waals surface area contributed by atoms with E-state index in [1.165, 1.54) is 4.31 Å². The van der Waals surface area contributed by atoms with Crippen molar-refractivity contribution < 1.29 is 13.2 Å². The van der Waals surface area contributed by atoms with Crippen LogP contribution in [0.15, 0.2) is 53.4 Å². The Balaban J connectivity index is 1.98. The molecule has 144 valence electrons. The Morgan fingerprint density at radius 2 is 1.63 bits per heavy atom. The van der Waals surface area contributed by atoms with Gasteiger partial charge in [-0.1, -0.05) is 24.3 Å². The molecule has 1 heterocycles. The molecule has 3 rings (SSSR count). The Labute approximate surface area is 161 Å². The van der Waals surface area contributed by atoms with Crippen LogP contribution < -0.4 is 4.31 Å². The summed E-state index contributed by atoms with van der Waals surface area (Å²) in [6.07, 6.45) is 3.06. The first kappa shape index (κ1) is 19.4. The lowest BCUT2D eigenvalue weighted by atomic mass is 10.1. The van der Waals surface area contributed by atoms with Crippen molar-refractivity contribution in [2.45, 2.75) is 38.0 Å². The van der Waals surface area contributed by atoms with Gasteiger partial charge in [0.25, 0.3) is 10.0 Å². The molecule has 2 aromatic rings. The predicted molar refractivity (Wildman–Crippen MR) is 107 cm³/mol. The van der Waals surface area contributed by atoms with Crippen molar-refractivity contribution >= 4 is 21.6 Å². The number of nitrogens with zero attached hydrogens (tertiary/aromatic N) is 2. The smallest absolute Gasteiger partial charge is 0.264 e. The fourth-order valence-corrected chi connectivity index (χ4v) is 4.71. The molecule has 0 saturated carbocycles. The van der Waals surface area contributed by atoms with Crippen molar-refractivity contribution in [3.63, 3.8) is 0 Å². The maximum Gasteiger partial charge on any atom is 0.264 e. The fourth-order valence-electron chi connectivity index (χ4n) is 3.28. The first-order valence-corrected chi connectivity index (χ1v) is 10.8. The van der Waals surface area contributed by atoms with Gasteiger partial charge in [-0.25, -0.2) is 8.42 Å². The van der Waals surface area contributed by atoms with E-state index in [2.05, 4.69) is 0 Å². The SMILES string of the molecule is Cc1ccc(N(CC(=O)N2CCCCC2)S(=O)(=O)c2ccccc2)cc1C. The van der Waals surface area contributed by atoms with Crippen molar-refractivity contribution in [1.29, 1.82) is 0 Å². The minimum Gasteiger partial charge on any atom is -0.341 e. The summed E-state index contributed by atoms with van der Waals surface area (Å²) in [5.74, 6) is -0.146. The lowest BCUT2D eigenvalue weighted by Crippen LogP contribution is -2.44. The average molecular weight is 387 g/mol. The summed E-state index contributed by atoms with van der Waals surface area (Å²) in [6.45, 7) is 5.14. The summed E-state index contributed by atoms with van der Waals surface area (Å²) in [4.78, 5) is 14.8. The van der Waals surface area contributed by atoms with E-state index in [1.54, 1.807) is 41.3 Å². The van der Waals surface area contributed by atoms with Crippen molar-refractivity contribution in [2.24, 2.45) is 0 Å². The molecular formula is C21H26N2O3S. The fraction of sp³-hybridized carbons (Fsp3) is 0.381. The first-order chi connectivity index (χ1) is 12.9. The molecule has 0 radical (unpaired) electrons. The van der Waals surface area contributed by atoms with Crippen molar-refractivity contribution in [1.82, 2.24) is 4.90 Å². The van der Waals surface area contributed by atoms with Gasteiger partial charge in [0, 0.05) is 13.1 Å². The molecule has 0 unspecified atom stereocenters. The number of hydrogen-bond acceptors (Lipinski definition) is 3. The Morgan fingerprint density at radius 1 is 0.963 bits per heavy atom. The van der Waals surface area contributed by atoms with Crippen molar-refractivity contribution in [3.05, 3.63) is 59.7 Å². The van der Waals surface area contributed by atoms with Gasteiger partial charge in [-0.2, -0.15) is 0 Å². The Morgan fingerprint density at radius 3 is 2.26 bits per heavy atom. The van der Waals surface area contributed by atoms with Gasteiger partial charge < -0.3 is 4.90 Å². The average Bonchev–Trinajstić information content (AvgIpc) is 2.69. The zero-order valence-electron chi connectivity index (χ0n) is 15.9. The summed E-state index contributed by atoms with van der Waals surface area (Å²) in [6, 6.07) is 13.8. The Hall–Kier alpha value is -2.34. The van der Waals surface area contributed by atoms with E-state index in [0.717, 1.165) is 30.4 Å². The molecule has 5 nitrogen and oxygen atoms in total. The van der Waals surface area contributed by atoms with Crippen LogP contribution in [0, 0.1) is 13.8 Å². The zero-order chi connectivity index (χ0) is 19.4. The molecule has 27 heavy (non-hydrogen) atoms. The number of carbonyl (C=O) groups is 1. The number of carbonyl (C=O) groups excluding carboxylic acids is 1. The molecule has 1 saturated heterocycles.